The van der Waals surface area contributed by atoms with Crippen molar-refractivity contribution in [3.05, 3.63) is 0 Å². The van der Waals surface area contributed by atoms with Gasteiger partial charge in [-0.1, -0.05) is 0 Å². The Labute approximate surface area is 81.1 Å². The standard InChI is InChI=1S/Co.Mg.Mn.Ni.H2O.2H/h;;;;1H2;;/q;+2;;;;2*-1. The molecule has 0 aromatic rings. The molecular formula is H4CoMgMnNiO. The van der Waals surface area contributed by atoms with E-state index in [4.69, 9.17) is 0 Å². The Morgan fingerprint density at radius 1 is 1.20 bits per heavy atom. The smallest absolute Gasteiger partial charge is 1.00 e. The van der Waals surface area contributed by atoms with Crippen LogP contribution in [0.2, 0.25) is 0 Å². The third-order valence-corrected chi connectivity index (χ3v) is 0. The molecular weight excluding hydrogens is 213 g/mol. The van der Waals surface area contributed by atoms with Gasteiger partial charge in [0.2, 0.25) is 0 Å². The van der Waals surface area contributed by atoms with Crippen molar-refractivity contribution >= 4 is 23.1 Å². The summed E-state index contributed by atoms with van der Waals surface area (Å²) in [5.74, 6) is 0. The van der Waals surface area contributed by atoms with E-state index in [0.29, 0.717) is 0 Å². The minimum absolute atomic E-state index is 0. The third-order valence-electron chi connectivity index (χ3n) is 0. The zero-order chi connectivity index (χ0) is 0. The fraction of sp³-hybridized carbons (Fsp3) is 0. The van der Waals surface area contributed by atoms with E-state index in [1.807, 2.05) is 0 Å². The molecule has 1 nitrogen and oxygen atoms in total. The molecule has 0 atom stereocenters. The summed E-state index contributed by atoms with van der Waals surface area (Å²) in [6.45, 7) is 0. The van der Waals surface area contributed by atoms with Crippen molar-refractivity contribution in [1.29, 1.82) is 0 Å². The van der Waals surface area contributed by atoms with Crippen LogP contribution in [0.25, 0.3) is 0 Å². The van der Waals surface area contributed by atoms with E-state index in [1.54, 1.807) is 0 Å². The van der Waals surface area contributed by atoms with Crippen molar-refractivity contribution in [2.24, 2.45) is 0 Å². The number of hydrogen-bond acceptors (Lipinski definition) is 0. The Balaban J connectivity index is 0. The molecule has 0 rings (SSSR count). The van der Waals surface area contributed by atoms with Gasteiger partial charge in [-0.05, 0) is 0 Å². The normalized spacial score (nSPS) is 0. The zero-order valence-electron chi connectivity index (χ0n) is 4.23. The average Bonchev–Trinajstić information content (AvgIpc) is 0. The van der Waals surface area contributed by atoms with E-state index in [0.717, 1.165) is 0 Å². The summed E-state index contributed by atoms with van der Waals surface area (Å²) in [5.41, 5.74) is 0. The predicted octanol–water partition coefficient (Wildman–Crippen LogP) is -0.988. The van der Waals surface area contributed by atoms with Crippen LogP contribution in [0.1, 0.15) is 2.85 Å². The summed E-state index contributed by atoms with van der Waals surface area (Å²) < 4.78 is 0. The Morgan fingerprint density at radius 2 is 1.20 bits per heavy atom. The Bertz CT molecular complexity index is 17.7. The van der Waals surface area contributed by atoms with Crippen molar-refractivity contribution < 1.29 is 58.7 Å². The van der Waals surface area contributed by atoms with Crippen LogP contribution in [0.3, 0.4) is 0 Å². The predicted molar refractivity (Wildman–Crippen MR) is 11.6 cm³/mol. The minimum Gasteiger partial charge on any atom is -1.00 e. The molecule has 0 aliphatic carbocycles. The van der Waals surface area contributed by atoms with Crippen LogP contribution in [0.4, 0.5) is 0 Å². The summed E-state index contributed by atoms with van der Waals surface area (Å²) in [6.07, 6.45) is 0. The SMILES string of the molecule is O.[Co].[H-].[H-].[Mg+2].[Mn].[Ni]. The van der Waals surface area contributed by atoms with Crippen LogP contribution < -0.4 is 0 Å². The van der Waals surface area contributed by atoms with Gasteiger partial charge in [0.05, 0.1) is 0 Å². The van der Waals surface area contributed by atoms with Gasteiger partial charge in [-0.2, -0.15) is 0 Å². The third kappa shape index (κ3) is 22.3. The number of rotatable bonds is 0. The van der Waals surface area contributed by atoms with Crippen molar-refractivity contribution in [1.82, 2.24) is 0 Å². The largest absolute Gasteiger partial charge is 2.00 e. The Hall–Kier alpha value is 2.25. The first kappa shape index (κ1) is 56.0. The molecule has 0 aromatic carbocycles. The first-order chi connectivity index (χ1) is 0. The first-order valence-corrected chi connectivity index (χ1v) is 0. The van der Waals surface area contributed by atoms with E-state index in [2.05, 4.69) is 0 Å². The van der Waals surface area contributed by atoms with Gasteiger partial charge in [-0.3, -0.25) is 0 Å². The van der Waals surface area contributed by atoms with Crippen LogP contribution in [-0.2, 0) is 50.3 Å². The van der Waals surface area contributed by atoms with Gasteiger partial charge in [0.25, 0.3) is 0 Å². The van der Waals surface area contributed by atoms with E-state index in [-0.39, 0.29) is 81.7 Å². The number of hydrogen-bond donors (Lipinski definition) is 0. The molecule has 38 valence electrons. The maximum absolute atomic E-state index is 0. The van der Waals surface area contributed by atoms with E-state index in [9.17, 15) is 0 Å². The fourth-order valence-electron chi connectivity index (χ4n) is 0. The molecule has 0 unspecified atom stereocenters. The van der Waals surface area contributed by atoms with Gasteiger partial charge in [-0.15, -0.1) is 0 Å². The average molecular weight is 217 g/mol. The summed E-state index contributed by atoms with van der Waals surface area (Å²) in [4.78, 5) is 0. The molecule has 0 fully saturated rings. The second-order valence-corrected chi connectivity index (χ2v) is 0. The molecule has 5 heteroatoms. The molecule has 0 spiro atoms. The van der Waals surface area contributed by atoms with Gasteiger partial charge < -0.3 is 8.33 Å². The second-order valence-electron chi connectivity index (χ2n) is 0. The van der Waals surface area contributed by atoms with Crippen LogP contribution in [0.5, 0.6) is 0 Å². The Kier molecular flexibility index (Phi) is 382. The summed E-state index contributed by atoms with van der Waals surface area (Å²) in [5, 5.41) is 0. The molecule has 2 radical (unpaired) electrons. The van der Waals surface area contributed by atoms with Gasteiger partial charge in [0.1, 0.15) is 0 Å². The van der Waals surface area contributed by atoms with Crippen molar-refractivity contribution in [2.75, 3.05) is 0 Å². The van der Waals surface area contributed by atoms with Crippen molar-refractivity contribution in [2.45, 2.75) is 0 Å². The summed E-state index contributed by atoms with van der Waals surface area (Å²) in [6, 6.07) is 0. The summed E-state index contributed by atoms with van der Waals surface area (Å²) in [7, 11) is 0. The second kappa shape index (κ2) is 34.1. The van der Waals surface area contributed by atoms with Gasteiger partial charge in [0.15, 0.2) is 0 Å². The monoisotopic (exact) mass is 216 g/mol. The Morgan fingerprint density at radius 3 is 1.20 bits per heavy atom. The maximum Gasteiger partial charge on any atom is 2.00 e. The molecule has 0 aliphatic heterocycles. The molecule has 5 heavy (non-hydrogen) atoms. The zero-order valence-corrected chi connectivity index (χ0v) is 6.86. The topological polar surface area (TPSA) is 31.5 Å². The van der Waals surface area contributed by atoms with Crippen LogP contribution in [-0.4, -0.2) is 28.5 Å². The first-order valence-electron chi connectivity index (χ1n) is 0. The van der Waals surface area contributed by atoms with E-state index in [1.165, 1.54) is 0 Å². The van der Waals surface area contributed by atoms with Crippen molar-refractivity contribution in [3.63, 3.8) is 0 Å². The van der Waals surface area contributed by atoms with Gasteiger partial charge >= 0.3 is 23.1 Å². The molecule has 0 amide bonds. The van der Waals surface area contributed by atoms with Crippen molar-refractivity contribution in [3.8, 4) is 0 Å². The molecule has 0 saturated heterocycles. The fourth-order valence-corrected chi connectivity index (χ4v) is 0. The molecule has 0 bridgehead atoms. The maximum atomic E-state index is 0. The van der Waals surface area contributed by atoms with Gasteiger partial charge in [-0.25, -0.2) is 0 Å². The van der Waals surface area contributed by atoms with E-state index < -0.39 is 0 Å². The van der Waals surface area contributed by atoms with E-state index >= 15 is 0 Å². The van der Waals surface area contributed by atoms with Crippen LogP contribution in [0, 0.1) is 0 Å². The molecule has 0 heterocycles. The molecule has 0 saturated carbocycles. The quantitative estimate of drug-likeness (QED) is 0.466. The molecule has 2 N–H and O–H groups in total. The molecule has 0 aromatic heterocycles. The minimum atomic E-state index is 0. The van der Waals surface area contributed by atoms with Crippen LogP contribution >= 0.6 is 0 Å². The van der Waals surface area contributed by atoms with Gasteiger partial charge in [0, 0.05) is 50.3 Å². The summed E-state index contributed by atoms with van der Waals surface area (Å²) >= 11 is 0. The van der Waals surface area contributed by atoms with Crippen LogP contribution in [0.15, 0.2) is 0 Å². The molecule has 0 aliphatic rings.